The minimum Gasteiger partial charge on any atom is -0.481 e. The Balaban J connectivity index is 2.02. The zero-order valence-corrected chi connectivity index (χ0v) is 11.8. The van der Waals surface area contributed by atoms with E-state index < -0.39 is 5.97 Å². The molecule has 0 amide bonds. The fourth-order valence-corrected chi connectivity index (χ4v) is 2.85. The number of methoxy groups -OCH3 is 1. The Labute approximate surface area is 118 Å². The molecule has 20 heavy (non-hydrogen) atoms. The highest BCUT2D eigenvalue weighted by Gasteiger charge is 2.34. The number of hydrogen-bond donors (Lipinski definition) is 2. The quantitative estimate of drug-likeness (QED) is 0.831. The van der Waals surface area contributed by atoms with Gasteiger partial charge >= 0.3 is 5.97 Å². The summed E-state index contributed by atoms with van der Waals surface area (Å²) in [6, 6.07) is 0. The van der Waals surface area contributed by atoms with Gasteiger partial charge in [0.2, 0.25) is 5.88 Å². The van der Waals surface area contributed by atoms with E-state index in [-0.39, 0.29) is 11.8 Å². The van der Waals surface area contributed by atoms with E-state index in [1.165, 1.54) is 6.42 Å². The molecule has 1 aromatic rings. The van der Waals surface area contributed by atoms with E-state index in [0.29, 0.717) is 18.2 Å². The number of carboxylic acids is 1. The largest absolute Gasteiger partial charge is 0.481 e. The maximum atomic E-state index is 11.1. The summed E-state index contributed by atoms with van der Waals surface area (Å²) in [5, 5.41) is 12.4. The fraction of sp³-hybridized carbons (Fsp3) is 0.643. The molecule has 0 bridgehead atoms. The van der Waals surface area contributed by atoms with Crippen LogP contribution in [-0.2, 0) is 4.79 Å². The van der Waals surface area contributed by atoms with E-state index in [4.69, 9.17) is 9.84 Å². The maximum absolute atomic E-state index is 11.1. The molecule has 1 heterocycles. The smallest absolute Gasteiger partial charge is 0.303 e. The van der Waals surface area contributed by atoms with Gasteiger partial charge in [0.25, 0.3) is 0 Å². The number of carboxylic acid groups (broad SMARTS) is 1. The first kappa shape index (κ1) is 14.6. The van der Waals surface area contributed by atoms with Crippen molar-refractivity contribution < 1.29 is 14.6 Å². The van der Waals surface area contributed by atoms with Crippen molar-refractivity contribution in [3.05, 3.63) is 12.4 Å². The van der Waals surface area contributed by atoms with Crippen LogP contribution in [0.2, 0.25) is 0 Å². The van der Waals surface area contributed by atoms with Gasteiger partial charge in [-0.2, -0.15) is 4.98 Å². The first-order chi connectivity index (χ1) is 9.63. The van der Waals surface area contributed by atoms with E-state index in [1.807, 2.05) is 0 Å². The van der Waals surface area contributed by atoms with Gasteiger partial charge in [-0.25, -0.2) is 0 Å². The molecule has 0 atom stereocenters. The van der Waals surface area contributed by atoms with Gasteiger partial charge in [-0.3, -0.25) is 9.78 Å². The lowest BCUT2D eigenvalue weighted by Gasteiger charge is -2.36. The normalized spacial score (nSPS) is 17.4. The number of hydrogen-bond acceptors (Lipinski definition) is 5. The van der Waals surface area contributed by atoms with Crippen LogP contribution in [0.1, 0.15) is 38.5 Å². The third-order valence-corrected chi connectivity index (χ3v) is 3.91. The van der Waals surface area contributed by atoms with Crippen LogP contribution in [0.15, 0.2) is 12.4 Å². The molecule has 0 spiro atoms. The third-order valence-electron chi connectivity index (χ3n) is 3.91. The van der Waals surface area contributed by atoms with E-state index >= 15 is 0 Å². The second-order valence-corrected chi connectivity index (χ2v) is 5.43. The number of anilines is 1. The Kier molecular flexibility index (Phi) is 4.76. The average molecular weight is 279 g/mol. The van der Waals surface area contributed by atoms with E-state index in [1.54, 1.807) is 19.5 Å². The summed E-state index contributed by atoms with van der Waals surface area (Å²) in [7, 11) is 1.54. The van der Waals surface area contributed by atoms with Gasteiger partial charge in [-0.15, -0.1) is 0 Å². The summed E-state index contributed by atoms with van der Waals surface area (Å²) >= 11 is 0. The third kappa shape index (κ3) is 3.82. The Morgan fingerprint density at radius 3 is 2.80 bits per heavy atom. The molecule has 1 aliphatic rings. The highest BCUT2D eigenvalue weighted by Crippen LogP contribution is 2.39. The lowest BCUT2D eigenvalue weighted by atomic mass is 9.72. The minimum absolute atomic E-state index is 0.172. The zero-order chi connectivity index (χ0) is 14.4. The first-order valence-corrected chi connectivity index (χ1v) is 6.95. The average Bonchev–Trinajstić information content (AvgIpc) is 2.46. The number of ether oxygens (including phenoxy) is 1. The highest BCUT2D eigenvalue weighted by atomic mass is 16.5. The molecule has 0 unspecified atom stereocenters. The summed E-state index contributed by atoms with van der Waals surface area (Å²) in [5.41, 5.74) is -0.172. The van der Waals surface area contributed by atoms with Crippen molar-refractivity contribution >= 4 is 11.8 Å². The topological polar surface area (TPSA) is 84.3 Å². The van der Waals surface area contributed by atoms with Crippen molar-refractivity contribution in [2.45, 2.75) is 38.5 Å². The van der Waals surface area contributed by atoms with Gasteiger partial charge in [0.1, 0.15) is 5.82 Å². The zero-order valence-electron chi connectivity index (χ0n) is 11.8. The van der Waals surface area contributed by atoms with Gasteiger partial charge in [0.15, 0.2) is 0 Å². The molecule has 0 aliphatic heterocycles. The second-order valence-electron chi connectivity index (χ2n) is 5.43. The number of aliphatic carboxylic acids is 1. The van der Waals surface area contributed by atoms with Crippen molar-refractivity contribution in [3.8, 4) is 5.88 Å². The first-order valence-electron chi connectivity index (χ1n) is 6.95. The lowest BCUT2D eigenvalue weighted by molar-refractivity contribution is -0.140. The molecule has 1 saturated carbocycles. The second kappa shape index (κ2) is 6.54. The van der Waals surface area contributed by atoms with Crippen LogP contribution in [-0.4, -0.2) is 34.7 Å². The predicted molar refractivity (Wildman–Crippen MR) is 74.8 cm³/mol. The minimum atomic E-state index is -0.731. The van der Waals surface area contributed by atoms with E-state index in [0.717, 1.165) is 25.7 Å². The molecule has 2 N–H and O–H groups in total. The fourth-order valence-electron chi connectivity index (χ4n) is 2.85. The molecule has 6 nitrogen and oxygen atoms in total. The van der Waals surface area contributed by atoms with E-state index in [2.05, 4.69) is 15.3 Å². The van der Waals surface area contributed by atoms with Gasteiger partial charge in [-0.05, 0) is 18.3 Å². The molecule has 110 valence electrons. The monoisotopic (exact) mass is 279 g/mol. The summed E-state index contributed by atoms with van der Waals surface area (Å²) in [4.78, 5) is 19.4. The summed E-state index contributed by atoms with van der Waals surface area (Å²) in [5.74, 6) is 0.344. The molecular weight excluding hydrogens is 258 g/mol. The Hall–Kier alpha value is -1.85. The lowest BCUT2D eigenvalue weighted by Crippen LogP contribution is -2.34. The number of carbonyl (C=O) groups is 1. The SMILES string of the molecule is COc1cncc(NCC2(CC(=O)O)CCCCC2)n1. The number of nitrogens with one attached hydrogen (secondary N) is 1. The summed E-state index contributed by atoms with van der Waals surface area (Å²) < 4.78 is 5.03. The van der Waals surface area contributed by atoms with Crippen molar-refractivity contribution in [2.24, 2.45) is 5.41 Å². The Morgan fingerprint density at radius 1 is 1.40 bits per heavy atom. The molecule has 1 aliphatic carbocycles. The van der Waals surface area contributed by atoms with Gasteiger partial charge in [0, 0.05) is 6.54 Å². The van der Waals surface area contributed by atoms with Crippen LogP contribution < -0.4 is 10.1 Å². The van der Waals surface area contributed by atoms with Crippen molar-refractivity contribution in [3.63, 3.8) is 0 Å². The van der Waals surface area contributed by atoms with Crippen molar-refractivity contribution in [2.75, 3.05) is 19.0 Å². The van der Waals surface area contributed by atoms with Crippen LogP contribution >= 0.6 is 0 Å². The molecule has 0 saturated heterocycles. The molecular formula is C14H21N3O3. The van der Waals surface area contributed by atoms with Gasteiger partial charge < -0.3 is 15.2 Å². The molecule has 2 rings (SSSR count). The number of aromatic nitrogens is 2. The molecule has 1 aromatic heterocycles. The summed E-state index contributed by atoms with van der Waals surface area (Å²) in [6.07, 6.45) is 8.65. The van der Waals surface area contributed by atoms with Crippen LogP contribution in [0.5, 0.6) is 5.88 Å². The predicted octanol–water partition coefficient (Wildman–Crippen LogP) is 2.32. The van der Waals surface area contributed by atoms with Crippen LogP contribution in [0.3, 0.4) is 0 Å². The number of nitrogens with zero attached hydrogens (tertiary/aromatic N) is 2. The van der Waals surface area contributed by atoms with Crippen molar-refractivity contribution in [1.29, 1.82) is 0 Å². The van der Waals surface area contributed by atoms with Gasteiger partial charge in [-0.1, -0.05) is 19.3 Å². The van der Waals surface area contributed by atoms with Gasteiger partial charge in [0.05, 0.1) is 25.9 Å². The molecule has 6 heteroatoms. The molecule has 1 fully saturated rings. The van der Waals surface area contributed by atoms with Crippen LogP contribution in [0.4, 0.5) is 5.82 Å². The van der Waals surface area contributed by atoms with Crippen molar-refractivity contribution in [1.82, 2.24) is 9.97 Å². The van der Waals surface area contributed by atoms with Crippen LogP contribution in [0, 0.1) is 5.41 Å². The van der Waals surface area contributed by atoms with E-state index in [9.17, 15) is 4.79 Å². The molecule has 0 aromatic carbocycles. The van der Waals surface area contributed by atoms with Crippen LogP contribution in [0.25, 0.3) is 0 Å². The standard InChI is InChI=1S/C14H21N3O3/c1-20-12-9-15-8-11(17-12)16-10-14(7-13(18)19)5-3-2-4-6-14/h8-9H,2-7,10H2,1H3,(H,16,17)(H,18,19). The Bertz CT molecular complexity index is 459. The Morgan fingerprint density at radius 2 is 2.15 bits per heavy atom. The maximum Gasteiger partial charge on any atom is 0.303 e. The summed E-state index contributed by atoms with van der Waals surface area (Å²) in [6.45, 7) is 0.612. The number of rotatable bonds is 6. The highest BCUT2D eigenvalue weighted by molar-refractivity contribution is 5.67. The molecule has 0 radical (unpaired) electrons.